The Morgan fingerprint density at radius 1 is 0.585 bits per heavy atom. The Balaban J connectivity index is 1.20. The van der Waals surface area contributed by atoms with Crippen molar-refractivity contribution in [3.8, 4) is 0 Å². The summed E-state index contributed by atoms with van der Waals surface area (Å²) >= 11 is 1.89. The van der Waals surface area contributed by atoms with Crippen LogP contribution in [-0.4, -0.2) is 5.84 Å². The largest absolute Gasteiger partial charge is 0.368 e. The van der Waals surface area contributed by atoms with E-state index in [1.807, 2.05) is 17.8 Å². The maximum atomic E-state index is 5.15. The average Bonchev–Trinajstić information content (AvgIpc) is 3.50. The molecule has 3 unspecified atom stereocenters. The molecule has 2 aliphatic rings. The molecule has 3 atom stereocenters. The first kappa shape index (κ1) is 24.2. The number of fused-ring (bicyclic) bond motifs is 5. The van der Waals surface area contributed by atoms with Gasteiger partial charge in [0.2, 0.25) is 0 Å². The molecule has 0 fully saturated rings. The third-order valence-electron chi connectivity index (χ3n) is 7.97. The highest BCUT2D eigenvalue weighted by Gasteiger charge is 2.27. The Morgan fingerprint density at radius 3 is 2.05 bits per heavy atom. The standard InChI is InChI=1S/C36H28N4S/c1-4-10-24(11-5-1)33-38-34(25-12-6-2-7-13-25)40-35(39-33)28-18-20-29-27(22-28)17-16-23-19-21-30-32(31(23)29)37-36(41-30)26-14-8-3-9-15-26/h1-22,33,35-37,39H,(H,38,40). The lowest BCUT2D eigenvalue weighted by Gasteiger charge is -2.32. The molecule has 0 bridgehead atoms. The van der Waals surface area contributed by atoms with Gasteiger partial charge < -0.3 is 10.6 Å². The Kier molecular flexibility index (Phi) is 5.98. The summed E-state index contributed by atoms with van der Waals surface area (Å²) in [7, 11) is 0. The highest BCUT2D eigenvalue weighted by molar-refractivity contribution is 8.00. The van der Waals surface area contributed by atoms with E-state index in [1.165, 1.54) is 43.3 Å². The fraction of sp³-hybridized carbons (Fsp3) is 0.0833. The van der Waals surface area contributed by atoms with E-state index in [0.29, 0.717) is 0 Å². The number of benzene rings is 6. The highest BCUT2D eigenvalue weighted by atomic mass is 32.2. The summed E-state index contributed by atoms with van der Waals surface area (Å²) in [6.45, 7) is 0. The van der Waals surface area contributed by atoms with E-state index in [1.54, 1.807) is 0 Å². The number of hydrogen-bond acceptors (Lipinski definition) is 5. The van der Waals surface area contributed by atoms with Crippen molar-refractivity contribution in [2.45, 2.75) is 22.6 Å². The third kappa shape index (κ3) is 4.44. The molecule has 198 valence electrons. The molecule has 4 nitrogen and oxygen atoms in total. The van der Waals surface area contributed by atoms with Crippen molar-refractivity contribution < 1.29 is 0 Å². The van der Waals surface area contributed by atoms with E-state index in [4.69, 9.17) is 4.99 Å². The summed E-state index contributed by atoms with van der Waals surface area (Å²) in [4.78, 5) is 6.44. The predicted molar refractivity (Wildman–Crippen MR) is 171 cm³/mol. The summed E-state index contributed by atoms with van der Waals surface area (Å²) < 4.78 is 0. The molecule has 0 saturated carbocycles. The molecule has 6 aromatic rings. The van der Waals surface area contributed by atoms with Crippen molar-refractivity contribution >= 4 is 44.8 Å². The summed E-state index contributed by atoms with van der Waals surface area (Å²) in [6.07, 6.45) is -0.241. The van der Waals surface area contributed by atoms with Crippen molar-refractivity contribution in [1.82, 2.24) is 10.6 Å². The van der Waals surface area contributed by atoms with Crippen molar-refractivity contribution in [3.63, 3.8) is 0 Å². The van der Waals surface area contributed by atoms with Gasteiger partial charge in [-0.2, -0.15) is 0 Å². The van der Waals surface area contributed by atoms with Crippen LogP contribution in [0.1, 0.15) is 40.0 Å². The number of thioether (sulfide) groups is 1. The monoisotopic (exact) mass is 548 g/mol. The number of hydrogen-bond donors (Lipinski definition) is 3. The van der Waals surface area contributed by atoms with Crippen LogP contribution in [0.4, 0.5) is 5.69 Å². The predicted octanol–water partition coefficient (Wildman–Crippen LogP) is 8.55. The maximum absolute atomic E-state index is 5.15. The van der Waals surface area contributed by atoms with Gasteiger partial charge in [-0.25, -0.2) is 4.99 Å². The van der Waals surface area contributed by atoms with Crippen molar-refractivity contribution in [2.24, 2.45) is 4.99 Å². The van der Waals surface area contributed by atoms with Crippen LogP contribution in [0.25, 0.3) is 21.5 Å². The SMILES string of the molecule is c1ccc(C2=NC(c3ccc4c(ccc5ccc6c(c54)NC(c4ccccc4)S6)c3)NC(c3ccccc3)N2)cc1. The van der Waals surface area contributed by atoms with E-state index in [2.05, 4.69) is 143 Å². The molecular weight excluding hydrogens is 520 g/mol. The molecule has 0 radical (unpaired) electrons. The molecule has 2 aliphatic heterocycles. The number of aliphatic imine (C=N–C) groups is 1. The van der Waals surface area contributed by atoms with Crippen LogP contribution in [0.15, 0.2) is 143 Å². The van der Waals surface area contributed by atoms with Crippen LogP contribution in [0.3, 0.4) is 0 Å². The minimum absolute atomic E-state index is 0.0550. The first-order valence-electron chi connectivity index (χ1n) is 14.0. The average molecular weight is 549 g/mol. The van der Waals surface area contributed by atoms with Crippen LogP contribution in [-0.2, 0) is 0 Å². The quantitative estimate of drug-likeness (QED) is 0.193. The molecule has 0 spiro atoms. The van der Waals surface area contributed by atoms with E-state index in [9.17, 15) is 0 Å². The molecule has 0 aliphatic carbocycles. The second-order valence-electron chi connectivity index (χ2n) is 10.5. The van der Waals surface area contributed by atoms with Gasteiger partial charge in [0.15, 0.2) is 0 Å². The molecule has 6 aromatic carbocycles. The number of anilines is 1. The molecule has 2 heterocycles. The number of rotatable bonds is 4. The zero-order chi connectivity index (χ0) is 27.2. The Morgan fingerprint density at radius 2 is 1.27 bits per heavy atom. The molecule has 0 aromatic heterocycles. The van der Waals surface area contributed by atoms with Gasteiger partial charge in [0.25, 0.3) is 0 Å². The second-order valence-corrected chi connectivity index (χ2v) is 11.7. The zero-order valence-electron chi connectivity index (χ0n) is 22.3. The van der Waals surface area contributed by atoms with E-state index in [-0.39, 0.29) is 17.7 Å². The first-order valence-corrected chi connectivity index (χ1v) is 14.9. The fourth-order valence-electron chi connectivity index (χ4n) is 5.92. The molecule has 41 heavy (non-hydrogen) atoms. The summed E-state index contributed by atoms with van der Waals surface area (Å²) in [5.74, 6) is 0.896. The summed E-state index contributed by atoms with van der Waals surface area (Å²) in [5, 5.41) is 16.4. The molecule has 0 saturated heterocycles. The van der Waals surface area contributed by atoms with E-state index in [0.717, 1.165) is 17.0 Å². The minimum atomic E-state index is -0.186. The van der Waals surface area contributed by atoms with Gasteiger partial charge in [0.05, 0.1) is 5.69 Å². The lowest BCUT2D eigenvalue weighted by molar-refractivity contribution is 0.409. The molecular formula is C36H28N4S. The normalized spacial score (nSPS) is 19.8. The highest BCUT2D eigenvalue weighted by Crippen LogP contribution is 2.50. The van der Waals surface area contributed by atoms with Crippen LogP contribution in [0.5, 0.6) is 0 Å². The van der Waals surface area contributed by atoms with Crippen LogP contribution in [0.2, 0.25) is 0 Å². The maximum Gasteiger partial charge on any atom is 0.131 e. The van der Waals surface area contributed by atoms with E-state index >= 15 is 0 Å². The first-order chi connectivity index (χ1) is 20.3. The second kappa shape index (κ2) is 10.1. The van der Waals surface area contributed by atoms with Crippen molar-refractivity contribution in [3.05, 3.63) is 156 Å². The van der Waals surface area contributed by atoms with Gasteiger partial charge in [-0.05, 0) is 45.0 Å². The van der Waals surface area contributed by atoms with E-state index < -0.39 is 0 Å². The molecule has 3 N–H and O–H groups in total. The van der Waals surface area contributed by atoms with Crippen LogP contribution in [0, 0.1) is 0 Å². The zero-order valence-corrected chi connectivity index (χ0v) is 23.1. The Bertz CT molecular complexity index is 1910. The van der Waals surface area contributed by atoms with Crippen LogP contribution < -0.4 is 16.0 Å². The number of nitrogens with zero attached hydrogens (tertiary/aromatic N) is 1. The number of nitrogens with one attached hydrogen (secondary N) is 3. The Hall–Kier alpha value is -4.58. The molecule has 5 heteroatoms. The van der Waals surface area contributed by atoms with Gasteiger partial charge in [-0.3, -0.25) is 5.32 Å². The fourth-order valence-corrected chi connectivity index (χ4v) is 7.07. The van der Waals surface area contributed by atoms with Gasteiger partial charge in [-0.15, -0.1) is 0 Å². The molecule has 8 rings (SSSR count). The van der Waals surface area contributed by atoms with Gasteiger partial charge in [0, 0.05) is 15.8 Å². The summed E-state index contributed by atoms with van der Waals surface area (Å²) in [5.41, 5.74) is 5.93. The Labute approximate surface area is 243 Å². The van der Waals surface area contributed by atoms with Crippen LogP contribution >= 0.6 is 11.8 Å². The van der Waals surface area contributed by atoms with Gasteiger partial charge in [0.1, 0.15) is 23.5 Å². The minimum Gasteiger partial charge on any atom is -0.368 e. The van der Waals surface area contributed by atoms with Crippen molar-refractivity contribution in [2.75, 3.05) is 5.32 Å². The van der Waals surface area contributed by atoms with Gasteiger partial charge >= 0.3 is 0 Å². The molecule has 0 amide bonds. The van der Waals surface area contributed by atoms with Crippen molar-refractivity contribution in [1.29, 1.82) is 0 Å². The number of amidine groups is 1. The topological polar surface area (TPSA) is 48.5 Å². The summed E-state index contributed by atoms with van der Waals surface area (Å²) in [6, 6.07) is 47.3. The third-order valence-corrected chi connectivity index (χ3v) is 9.19. The smallest absolute Gasteiger partial charge is 0.131 e. The lowest BCUT2D eigenvalue weighted by atomic mass is 9.97. The lowest BCUT2D eigenvalue weighted by Crippen LogP contribution is -2.44. The van der Waals surface area contributed by atoms with Gasteiger partial charge in [-0.1, -0.05) is 133 Å².